The van der Waals surface area contributed by atoms with Crippen LogP contribution in [0.25, 0.3) is 0 Å². The number of ketones is 1. The van der Waals surface area contributed by atoms with Gasteiger partial charge in [0.2, 0.25) is 0 Å². The van der Waals surface area contributed by atoms with Crippen LogP contribution in [0, 0.1) is 27.6 Å². The number of halogens is 1. The highest BCUT2D eigenvalue weighted by Crippen LogP contribution is 3.00. The van der Waals surface area contributed by atoms with Crippen LogP contribution in [0.15, 0.2) is 11.6 Å². The highest BCUT2D eigenvalue weighted by molar-refractivity contribution is 6.37. The molecule has 4 aliphatic carbocycles. The Morgan fingerprint density at radius 2 is 1.61 bits per heavy atom. The van der Waals surface area contributed by atoms with E-state index in [1.54, 1.807) is 0 Å². The minimum absolute atomic E-state index is 0.0539. The molecule has 1 nitrogen and oxygen atoms in total. The number of hydrogen-bond acceptors (Lipinski definition) is 1. The van der Waals surface area contributed by atoms with Gasteiger partial charge in [0, 0.05) is 11.3 Å². The monoisotopic (exact) mass is 266 g/mol. The second kappa shape index (κ2) is 2.61. The maximum Gasteiger partial charge on any atom is 0.167 e. The molecule has 0 heterocycles. The quantitative estimate of drug-likeness (QED) is 0.601. The van der Waals surface area contributed by atoms with E-state index in [0.29, 0.717) is 11.7 Å². The molecule has 0 amide bonds. The van der Waals surface area contributed by atoms with Crippen molar-refractivity contribution in [2.45, 2.75) is 53.3 Å². The Balaban J connectivity index is 2.17. The Hall–Kier alpha value is -0.300. The molecule has 0 saturated heterocycles. The maximum atomic E-state index is 13.0. The summed E-state index contributed by atoms with van der Waals surface area (Å²) in [6.07, 6.45) is 2.18. The van der Waals surface area contributed by atoms with Gasteiger partial charge in [-0.1, -0.05) is 54.5 Å². The number of allylic oxidation sites excluding steroid dienone is 2. The molecule has 4 atom stereocenters. The average Bonchev–Trinajstić information content (AvgIpc) is 2.90. The van der Waals surface area contributed by atoms with Crippen LogP contribution in [-0.2, 0) is 4.79 Å². The fourth-order valence-electron chi connectivity index (χ4n) is 4.77. The lowest BCUT2D eigenvalue weighted by Crippen LogP contribution is -2.51. The zero-order chi connectivity index (χ0) is 13.9. The van der Waals surface area contributed by atoms with Crippen molar-refractivity contribution < 1.29 is 4.79 Å². The first-order valence-corrected chi connectivity index (χ1v) is 7.21. The standard InChI is InChI=1S/C16H23ClO/c1-12(2,3)9-8-14(7)11-15(10(9)18,13(4,5)6)16(11,14)17/h8,11H,1-7H3. The van der Waals surface area contributed by atoms with Gasteiger partial charge < -0.3 is 0 Å². The molecule has 0 aromatic heterocycles. The summed E-state index contributed by atoms with van der Waals surface area (Å²) in [5.74, 6) is 0.670. The molecule has 2 bridgehead atoms. The predicted molar refractivity (Wildman–Crippen MR) is 74.6 cm³/mol. The van der Waals surface area contributed by atoms with Gasteiger partial charge in [-0.3, -0.25) is 4.79 Å². The van der Waals surface area contributed by atoms with E-state index >= 15 is 0 Å². The normalized spacial score (nSPS) is 49.7. The summed E-state index contributed by atoms with van der Waals surface area (Å²) in [6.45, 7) is 15.1. The summed E-state index contributed by atoms with van der Waals surface area (Å²) < 4.78 is 0. The minimum Gasteiger partial charge on any atom is -0.294 e. The largest absolute Gasteiger partial charge is 0.294 e. The van der Waals surface area contributed by atoms with Crippen molar-refractivity contribution >= 4 is 17.4 Å². The van der Waals surface area contributed by atoms with Gasteiger partial charge in [0.25, 0.3) is 0 Å². The van der Waals surface area contributed by atoms with Crippen LogP contribution in [0.4, 0.5) is 0 Å². The summed E-state index contributed by atoms with van der Waals surface area (Å²) in [6, 6.07) is 0. The average molecular weight is 267 g/mol. The van der Waals surface area contributed by atoms with Gasteiger partial charge in [0.15, 0.2) is 5.78 Å². The third kappa shape index (κ3) is 0.891. The minimum atomic E-state index is -0.312. The molecule has 100 valence electrons. The third-order valence-electron chi connectivity index (χ3n) is 5.66. The molecular weight excluding hydrogens is 244 g/mol. The maximum absolute atomic E-state index is 13.0. The van der Waals surface area contributed by atoms with E-state index in [0.717, 1.165) is 5.57 Å². The van der Waals surface area contributed by atoms with Gasteiger partial charge in [-0.05, 0) is 16.4 Å². The van der Waals surface area contributed by atoms with E-state index in [-0.39, 0.29) is 26.5 Å². The van der Waals surface area contributed by atoms with Crippen LogP contribution in [0.1, 0.15) is 48.5 Å². The molecule has 0 radical (unpaired) electrons. The van der Waals surface area contributed by atoms with Crippen molar-refractivity contribution in [3.63, 3.8) is 0 Å². The molecule has 0 aliphatic heterocycles. The van der Waals surface area contributed by atoms with Gasteiger partial charge in [-0.15, -0.1) is 11.6 Å². The number of carbonyl (C=O) groups excluding carboxylic acids is 1. The molecule has 0 aromatic carbocycles. The lowest BCUT2D eigenvalue weighted by molar-refractivity contribution is -0.131. The number of fused-ring (bicyclic) bond motifs is 1. The molecule has 4 unspecified atom stereocenters. The Morgan fingerprint density at radius 1 is 1.17 bits per heavy atom. The summed E-state index contributed by atoms with van der Waals surface area (Å²) in [7, 11) is 0. The summed E-state index contributed by atoms with van der Waals surface area (Å²) in [4.78, 5) is 12.7. The number of alkyl halides is 1. The van der Waals surface area contributed by atoms with E-state index in [2.05, 4.69) is 54.5 Å². The molecule has 4 aliphatic rings. The molecule has 2 heteroatoms. The SMILES string of the molecule is CC(C)(C)C1=CC2(C)C3C2(Cl)C3(C(C)(C)C)C1=O. The summed E-state index contributed by atoms with van der Waals surface area (Å²) in [5, 5.41) is 0. The van der Waals surface area contributed by atoms with Gasteiger partial charge in [-0.25, -0.2) is 0 Å². The van der Waals surface area contributed by atoms with E-state index in [1.807, 2.05) is 0 Å². The van der Waals surface area contributed by atoms with Crippen molar-refractivity contribution in [1.29, 1.82) is 0 Å². The molecule has 4 rings (SSSR count). The van der Waals surface area contributed by atoms with E-state index < -0.39 is 0 Å². The summed E-state index contributed by atoms with van der Waals surface area (Å²) >= 11 is 6.81. The van der Waals surface area contributed by atoms with E-state index in [1.165, 1.54) is 0 Å². The fourth-order valence-corrected chi connectivity index (χ4v) is 5.69. The number of Topliss-reactive ketones (excluding diaryl/α,β-unsaturated/α-hetero) is 1. The first-order valence-electron chi connectivity index (χ1n) is 6.84. The Morgan fingerprint density at radius 3 is 1.94 bits per heavy atom. The van der Waals surface area contributed by atoms with Gasteiger partial charge in [0.1, 0.15) is 0 Å². The fraction of sp³-hybridized carbons (Fsp3) is 0.812. The highest BCUT2D eigenvalue weighted by Gasteiger charge is 3.05. The van der Waals surface area contributed by atoms with Gasteiger partial charge in [-0.2, -0.15) is 0 Å². The zero-order valence-corrected chi connectivity index (χ0v) is 13.2. The van der Waals surface area contributed by atoms with Crippen LogP contribution >= 0.6 is 11.6 Å². The van der Waals surface area contributed by atoms with E-state index in [9.17, 15) is 4.79 Å². The smallest absolute Gasteiger partial charge is 0.167 e. The van der Waals surface area contributed by atoms with Crippen LogP contribution in [-0.4, -0.2) is 10.7 Å². The Kier molecular flexibility index (Phi) is 1.85. The summed E-state index contributed by atoms with van der Waals surface area (Å²) in [5.41, 5.74) is 0.597. The van der Waals surface area contributed by atoms with Crippen molar-refractivity contribution in [3.8, 4) is 0 Å². The topological polar surface area (TPSA) is 17.1 Å². The highest BCUT2D eigenvalue weighted by atomic mass is 35.5. The molecule has 2 saturated carbocycles. The number of rotatable bonds is 0. The molecule has 0 N–H and O–H groups in total. The van der Waals surface area contributed by atoms with Crippen molar-refractivity contribution in [1.82, 2.24) is 0 Å². The Bertz CT molecular complexity index is 504. The second-order valence-electron chi connectivity index (χ2n) is 8.62. The number of hydrogen-bond donors (Lipinski definition) is 0. The van der Waals surface area contributed by atoms with Crippen molar-refractivity contribution in [2.75, 3.05) is 0 Å². The first-order chi connectivity index (χ1) is 7.87. The van der Waals surface area contributed by atoms with Crippen LogP contribution in [0.2, 0.25) is 0 Å². The van der Waals surface area contributed by atoms with Gasteiger partial charge >= 0.3 is 0 Å². The molecular formula is C16H23ClO. The third-order valence-corrected chi connectivity index (χ3v) is 6.58. The van der Waals surface area contributed by atoms with Gasteiger partial charge in [0.05, 0.1) is 10.3 Å². The van der Waals surface area contributed by atoms with E-state index in [4.69, 9.17) is 11.6 Å². The van der Waals surface area contributed by atoms with Crippen LogP contribution in [0.5, 0.6) is 0 Å². The van der Waals surface area contributed by atoms with Crippen molar-refractivity contribution in [2.24, 2.45) is 27.6 Å². The zero-order valence-electron chi connectivity index (χ0n) is 12.4. The second-order valence-corrected chi connectivity index (χ2v) is 9.22. The number of carbonyl (C=O) groups is 1. The lowest BCUT2D eigenvalue weighted by atomic mass is 9.55. The molecule has 18 heavy (non-hydrogen) atoms. The van der Waals surface area contributed by atoms with Crippen LogP contribution < -0.4 is 0 Å². The molecule has 2 fully saturated rings. The lowest BCUT2D eigenvalue weighted by Gasteiger charge is -2.48. The molecule has 0 spiro atoms. The van der Waals surface area contributed by atoms with Crippen molar-refractivity contribution in [3.05, 3.63) is 11.6 Å². The van der Waals surface area contributed by atoms with Crippen LogP contribution in [0.3, 0.4) is 0 Å². The first kappa shape index (κ1) is 12.7. The molecule has 0 aromatic rings. The Labute approximate surface area is 115 Å². The predicted octanol–water partition coefficient (Wildman–Crippen LogP) is 4.20.